The van der Waals surface area contributed by atoms with Gasteiger partial charge in [0.25, 0.3) is 5.56 Å². The number of para-hydroxylation sites is 1. The van der Waals surface area contributed by atoms with Crippen molar-refractivity contribution in [2.24, 2.45) is 0 Å². The summed E-state index contributed by atoms with van der Waals surface area (Å²) in [5, 5.41) is 8.57. The Morgan fingerprint density at radius 3 is 2.70 bits per heavy atom. The van der Waals surface area contributed by atoms with E-state index in [0.29, 0.717) is 6.54 Å². The van der Waals surface area contributed by atoms with Crippen molar-refractivity contribution in [3.63, 3.8) is 0 Å². The number of benzene rings is 1. The predicted molar refractivity (Wildman–Crippen MR) is 75.9 cm³/mol. The molecule has 2 heterocycles. The van der Waals surface area contributed by atoms with Gasteiger partial charge >= 0.3 is 0 Å². The van der Waals surface area contributed by atoms with Gasteiger partial charge in [-0.3, -0.25) is 4.79 Å². The third kappa shape index (κ3) is 2.51. The number of hydrogen-bond donors (Lipinski definition) is 0. The molecule has 0 aliphatic heterocycles. The lowest BCUT2D eigenvalue weighted by Crippen LogP contribution is -2.22. The first-order chi connectivity index (χ1) is 9.72. The highest BCUT2D eigenvalue weighted by atomic mass is 16.1. The number of aryl methyl sites for hydroxylation is 1. The molecule has 2 aromatic heterocycles. The molecule has 0 amide bonds. The van der Waals surface area contributed by atoms with Crippen LogP contribution in [0, 0.1) is 6.92 Å². The number of hydrogen-bond acceptors (Lipinski definition) is 3. The molecule has 0 saturated heterocycles. The van der Waals surface area contributed by atoms with Gasteiger partial charge in [0, 0.05) is 12.3 Å². The molecule has 5 heteroatoms. The van der Waals surface area contributed by atoms with Crippen LogP contribution < -0.4 is 5.56 Å². The van der Waals surface area contributed by atoms with Crippen molar-refractivity contribution in [3.8, 4) is 5.69 Å². The Morgan fingerprint density at radius 1 is 1.15 bits per heavy atom. The Labute approximate surface area is 116 Å². The Bertz CT molecular complexity index is 774. The van der Waals surface area contributed by atoms with Crippen molar-refractivity contribution in [1.29, 1.82) is 0 Å². The maximum absolute atomic E-state index is 11.8. The minimum absolute atomic E-state index is 0.112. The normalized spacial score (nSPS) is 10.7. The van der Waals surface area contributed by atoms with E-state index in [1.807, 2.05) is 49.5 Å². The first-order valence-electron chi connectivity index (χ1n) is 6.36. The van der Waals surface area contributed by atoms with Gasteiger partial charge in [0.1, 0.15) is 0 Å². The van der Waals surface area contributed by atoms with E-state index in [1.54, 1.807) is 16.9 Å². The molecule has 1 aromatic carbocycles. The second-order valence-corrected chi connectivity index (χ2v) is 4.62. The molecule has 0 N–H and O–H groups in total. The molecular weight excluding hydrogens is 252 g/mol. The van der Waals surface area contributed by atoms with Gasteiger partial charge in [0.15, 0.2) is 0 Å². The SMILES string of the molecule is Cc1cnn(Cc2ccn(-c3ccccc3)n2)c(=O)c1. The molecular formula is C15H14N4O. The Kier molecular flexibility index (Phi) is 3.16. The first-order valence-corrected chi connectivity index (χ1v) is 6.36. The summed E-state index contributed by atoms with van der Waals surface area (Å²) in [7, 11) is 0. The van der Waals surface area contributed by atoms with E-state index in [0.717, 1.165) is 16.9 Å². The summed E-state index contributed by atoms with van der Waals surface area (Å²) in [5.41, 5.74) is 2.54. The van der Waals surface area contributed by atoms with E-state index in [4.69, 9.17) is 0 Å². The van der Waals surface area contributed by atoms with Crippen molar-refractivity contribution < 1.29 is 0 Å². The number of nitrogens with zero attached hydrogens (tertiary/aromatic N) is 4. The standard InChI is InChI=1S/C15H14N4O/c1-12-9-15(20)19(16-10-12)11-13-7-8-18(17-13)14-5-3-2-4-6-14/h2-10H,11H2,1H3. The van der Waals surface area contributed by atoms with Gasteiger partial charge in [-0.1, -0.05) is 18.2 Å². The fourth-order valence-electron chi connectivity index (χ4n) is 1.97. The van der Waals surface area contributed by atoms with Gasteiger partial charge in [-0.15, -0.1) is 0 Å². The van der Waals surface area contributed by atoms with Crippen LogP contribution in [0.2, 0.25) is 0 Å². The first kappa shape index (κ1) is 12.3. The molecule has 0 atom stereocenters. The van der Waals surface area contributed by atoms with Crippen LogP contribution in [0.1, 0.15) is 11.3 Å². The van der Waals surface area contributed by atoms with Crippen LogP contribution in [0.15, 0.2) is 59.7 Å². The summed E-state index contributed by atoms with van der Waals surface area (Å²) in [6.07, 6.45) is 3.56. The predicted octanol–water partition coefficient (Wildman–Crippen LogP) is 1.79. The van der Waals surface area contributed by atoms with E-state index in [9.17, 15) is 4.79 Å². The van der Waals surface area contributed by atoms with Crippen molar-refractivity contribution in [2.45, 2.75) is 13.5 Å². The minimum Gasteiger partial charge on any atom is -0.268 e. The smallest absolute Gasteiger partial charge is 0.267 e. The largest absolute Gasteiger partial charge is 0.268 e. The summed E-state index contributed by atoms with van der Waals surface area (Å²) < 4.78 is 3.19. The molecule has 3 aromatic rings. The van der Waals surface area contributed by atoms with Crippen molar-refractivity contribution in [1.82, 2.24) is 19.6 Å². The van der Waals surface area contributed by atoms with E-state index in [2.05, 4.69) is 10.2 Å². The second-order valence-electron chi connectivity index (χ2n) is 4.62. The Balaban J connectivity index is 1.86. The quantitative estimate of drug-likeness (QED) is 0.726. The molecule has 0 unspecified atom stereocenters. The van der Waals surface area contributed by atoms with Gasteiger partial charge in [-0.2, -0.15) is 10.2 Å². The summed E-state index contributed by atoms with van der Waals surface area (Å²) in [6, 6.07) is 13.3. The number of aromatic nitrogens is 4. The molecule has 0 spiro atoms. The van der Waals surface area contributed by atoms with Gasteiger partial charge in [0.05, 0.1) is 24.1 Å². The number of rotatable bonds is 3. The molecule has 0 bridgehead atoms. The van der Waals surface area contributed by atoms with Gasteiger partial charge in [-0.25, -0.2) is 9.36 Å². The van der Waals surface area contributed by atoms with E-state index >= 15 is 0 Å². The molecule has 5 nitrogen and oxygen atoms in total. The maximum atomic E-state index is 11.8. The summed E-state index contributed by atoms with van der Waals surface area (Å²) >= 11 is 0. The van der Waals surface area contributed by atoms with Crippen molar-refractivity contribution in [2.75, 3.05) is 0 Å². The third-order valence-corrected chi connectivity index (χ3v) is 2.98. The lowest BCUT2D eigenvalue weighted by Gasteiger charge is -2.02. The van der Waals surface area contributed by atoms with Crippen LogP contribution in [0.3, 0.4) is 0 Å². The summed E-state index contributed by atoms with van der Waals surface area (Å²) in [5.74, 6) is 0. The topological polar surface area (TPSA) is 52.7 Å². The average molecular weight is 266 g/mol. The highest BCUT2D eigenvalue weighted by Gasteiger charge is 2.04. The van der Waals surface area contributed by atoms with Crippen LogP contribution in [-0.2, 0) is 6.54 Å². The van der Waals surface area contributed by atoms with E-state index in [-0.39, 0.29) is 5.56 Å². The van der Waals surface area contributed by atoms with Crippen LogP contribution in [0.5, 0.6) is 0 Å². The lowest BCUT2D eigenvalue weighted by molar-refractivity contribution is 0.619. The second kappa shape index (κ2) is 5.13. The monoisotopic (exact) mass is 266 g/mol. The highest BCUT2D eigenvalue weighted by Crippen LogP contribution is 2.07. The molecule has 0 radical (unpaired) electrons. The molecule has 0 aliphatic carbocycles. The molecule has 0 aliphatic rings. The minimum atomic E-state index is -0.112. The van der Waals surface area contributed by atoms with Crippen molar-refractivity contribution in [3.05, 3.63) is 76.5 Å². The Hall–Kier alpha value is -2.69. The molecule has 0 fully saturated rings. The van der Waals surface area contributed by atoms with Crippen LogP contribution in [0.4, 0.5) is 0 Å². The van der Waals surface area contributed by atoms with Crippen LogP contribution in [0.25, 0.3) is 5.69 Å². The fourth-order valence-corrected chi connectivity index (χ4v) is 1.97. The van der Waals surface area contributed by atoms with Gasteiger partial charge in [0.2, 0.25) is 0 Å². The molecule has 100 valence electrons. The van der Waals surface area contributed by atoms with Gasteiger partial charge < -0.3 is 0 Å². The maximum Gasteiger partial charge on any atom is 0.267 e. The van der Waals surface area contributed by atoms with E-state index in [1.165, 1.54) is 4.68 Å². The van der Waals surface area contributed by atoms with Gasteiger partial charge in [-0.05, 0) is 30.7 Å². The Morgan fingerprint density at radius 2 is 1.95 bits per heavy atom. The zero-order chi connectivity index (χ0) is 13.9. The zero-order valence-electron chi connectivity index (χ0n) is 11.1. The van der Waals surface area contributed by atoms with Crippen LogP contribution in [-0.4, -0.2) is 19.6 Å². The van der Waals surface area contributed by atoms with E-state index < -0.39 is 0 Å². The molecule has 3 rings (SSSR count). The summed E-state index contributed by atoms with van der Waals surface area (Å²) in [6.45, 7) is 2.22. The fraction of sp³-hybridized carbons (Fsp3) is 0.133. The third-order valence-electron chi connectivity index (χ3n) is 2.98. The van der Waals surface area contributed by atoms with Crippen LogP contribution >= 0.6 is 0 Å². The molecule has 0 saturated carbocycles. The molecule has 20 heavy (non-hydrogen) atoms. The van der Waals surface area contributed by atoms with Crippen molar-refractivity contribution >= 4 is 0 Å². The average Bonchev–Trinajstić information content (AvgIpc) is 2.92. The zero-order valence-corrected chi connectivity index (χ0v) is 11.1. The lowest BCUT2D eigenvalue weighted by atomic mass is 10.3. The highest BCUT2D eigenvalue weighted by molar-refractivity contribution is 5.30. The summed E-state index contributed by atoms with van der Waals surface area (Å²) in [4.78, 5) is 11.8.